The van der Waals surface area contributed by atoms with E-state index in [2.05, 4.69) is 38.9 Å². The number of halogens is 1. The molecule has 7 nitrogen and oxygen atoms in total. The van der Waals surface area contributed by atoms with Crippen molar-refractivity contribution in [3.63, 3.8) is 0 Å². The molecule has 2 aliphatic rings. The standard InChI is InChI=1S/C30H35ClN4O3/c1-18-29(19(2)38-33-18)20-7-13-26-25(16-20)32-30(35(26)21-8-11-23(36-3)12-9-21)27-6-5-15-34(27)22-10-14-28(37-4)24(31)17-22/h7,10,13-14,16-17,21,23,27H,5-6,8-9,11-12,15H2,1-4H3/t21-,23-,27-/m0/s1. The van der Waals surface area contributed by atoms with Crippen LogP contribution in [0.1, 0.15) is 67.9 Å². The van der Waals surface area contributed by atoms with E-state index >= 15 is 0 Å². The van der Waals surface area contributed by atoms with E-state index in [4.69, 9.17) is 30.6 Å². The Morgan fingerprint density at radius 1 is 1.00 bits per heavy atom. The molecule has 1 aliphatic carbocycles. The zero-order valence-corrected chi connectivity index (χ0v) is 23.3. The van der Waals surface area contributed by atoms with Gasteiger partial charge in [-0.3, -0.25) is 0 Å². The Morgan fingerprint density at radius 2 is 1.82 bits per heavy atom. The van der Waals surface area contributed by atoms with Gasteiger partial charge in [0, 0.05) is 30.9 Å². The van der Waals surface area contributed by atoms with Gasteiger partial charge in [-0.15, -0.1) is 0 Å². The summed E-state index contributed by atoms with van der Waals surface area (Å²) >= 11 is 6.54. The Bertz CT molecular complexity index is 1430. The van der Waals surface area contributed by atoms with Crippen molar-refractivity contribution in [1.29, 1.82) is 0 Å². The third-order valence-electron chi connectivity index (χ3n) is 8.40. The van der Waals surface area contributed by atoms with Crippen molar-refractivity contribution >= 4 is 28.3 Å². The lowest BCUT2D eigenvalue weighted by Crippen LogP contribution is -2.28. The maximum absolute atomic E-state index is 6.54. The Morgan fingerprint density at radius 3 is 2.50 bits per heavy atom. The second kappa shape index (κ2) is 10.3. The molecular formula is C30H35ClN4O3. The minimum Gasteiger partial charge on any atom is -0.495 e. The molecule has 4 aromatic rings. The SMILES string of the molecule is COc1ccc(N2CCC[C@H]2c2nc3cc(-c4c(C)noc4C)ccc3n2[C@H]2CC[C@H](OC)CC2)cc1Cl. The van der Waals surface area contributed by atoms with Crippen molar-refractivity contribution in [3.05, 3.63) is 58.7 Å². The van der Waals surface area contributed by atoms with E-state index in [-0.39, 0.29) is 6.04 Å². The molecule has 2 aromatic carbocycles. The van der Waals surface area contributed by atoms with Crippen LogP contribution in [0.3, 0.4) is 0 Å². The maximum atomic E-state index is 6.54. The summed E-state index contributed by atoms with van der Waals surface area (Å²) in [6.07, 6.45) is 6.82. The molecule has 1 saturated heterocycles. The highest BCUT2D eigenvalue weighted by Gasteiger charge is 2.34. The zero-order chi connectivity index (χ0) is 26.4. The summed E-state index contributed by atoms with van der Waals surface area (Å²) in [7, 11) is 3.48. The van der Waals surface area contributed by atoms with Gasteiger partial charge in [-0.2, -0.15) is 0 Å². The summed E-state index contributed by atoms with van der Waals surface area (Å²) in [5, 5.41) is 4.80. The molecule has 1 atom stereocenters. The van der Waals surface area contributed by atoms with Crippen LogP contribution in [0.2, 0.25) is 5.02 Å². The number of methoxy groups -OCH3 is 2. The molecule has 1 aliphatic heterocycles. The Balaban J connectivity index is 1.45. The second-order valence-corrected chi connectivity index (χ2v) is 11.0. The number of fused-ring (bicyclic) bond motifs is 1. The molecule has 1 saturated carbocycles. The summed E-state index contributed by atoms with van der Waals surface area (Å²) in [4.78, 5) is 7.81. The predicted octanol–water partition coefficient (Wildman–Crippen LogP) is 7.44. The first kappa shape index (κ1) is 25.3. The van der Waals surface area contributed by atoms with Crippen molar-refractivity contribution in [2.24, 2.45) is 0 Å². The van der Waals surface area contributed by atoms with Gasteiger partial charge in [0.1, 0.15) is 17.3 Å². The van der Waals surface area contributed by atoms with Gasteiger partial charge in [0.25, 0.3) is 0 Å². The normalized spacial score (nSPS) is 21.9. The van der Waals surface area contributed by atoms with Gasteiger partial charge in [0.15, 0.2) is 0 Å². The molecule has 3 heterocycles. The number of hydrogen-bond donors (Lipinski definition) is 0. The number of anilines is 1. The highest BCUT2D eigenvalue weighted by molar-refractivity contribution is 6.32. The molecular weight excluding hydrogens is 500 g/mol. The lowest BCUT2D eigenvalue weighted by atomic mass is 9.92. The van der Waals surface area contributed by atoms with E-state index in [9.17, 15) is 0 Å². The number of rotatable bonds is 6. The van der Waals surface area contributed by atoms with Crippen molar-refractivity contribution in [2.45, 2.75) is 70.6 Å². The van der Waals surface area contributed by atoms with Crippen LogP contribution in [0, 0.1) is 13.8 Å². The molecule has 0 radical (unpaired) electrons. The second-order valence-electron chi connectivity index (χ2n) is 10.6. The third-order valence-corrected chi connectivity index (χ3v) is 8.69. The van der Waals surface area contributed by atoms with Gasteiger partial charge in [0.2, 0.25) is 0 Å². The summed E-state index contributed by atoms with van der Waals surface area (Å²) in [5.41, 5.74) is 6.37. The summed E-state index contributed by atoms with van der Waals surface area (Å²) < 4.78 is 19.1. The Kier molecular flexibility index (Phi) is 6.82. The van der Waals surface area contributed by atoms with Crippen LogP contribution >= 0.6 is 11.6 Å². The van der Waals surface area contributed by atoms with Gasteiger partial charge in [-0.25, -0.2) is 4.98 Å². The van der Waals surface area contributed by atoms with Crippen LogP contribution in [0.4, 0.5) is 5.69 Å². The van der Waals surface area contributed by atoms with Crippen LogP contribution in [-0.4, -0.2) is 41.6 Å². The molecule has 0 unspecified atom stereocenters. The van der Waals surface area contributed by atoms with Gasteiger partial charge >= 0.3 is 0 Å². The Hall–Kier alpha value is -3.03. The quantitative estimate of drug-likeness (QED) is 0.256. The molecule has 200 valence electrons. The monoisotopic (exact) mass is 534 g/mol. The first-order valence-electron chi connectivity index (χ1n) is 13.6. The first-order valence-corrected chi connectivity index (χ1v) is 13.9. The first-order chi connectivity index (χ1) is 18.5. The van der Waals surface area contributed by atoms with Gasteiger partial charge in [-0.05, 0) is 88.3 Å². The molecule has 2 fully saturated rings. The fourth-order valence-corrected chi connectivity index (χ4v) is 6.76. The Labute approximate surface area is 228 Å². The van der Waals surface area contributed by atoms with E-state index in [1.807, 2.05) is 33.1 Å². The average molecular weight is 535 g/mol. The van der Waals surface area contributed by atoms with Gasteiger partial charge < -0.3 is 23.5 Å². The van der Waals surface area contributed by atoms with Gasteiger partial charge in [0.05, 0.1) is 41.0 Å². The molecule has 2 aromatic heterocycles. The number of benzene rings is 2. The minimum atomic E-state index is 0.175. The maximum Gasteiger partial charge on any atom is 0.141 e. The molecule has 0 amide bonds. The van der Waals surface area contributed by atoms with E-state index in [1.54, 1.807) is 7.11 Å². The van der Waals surface area contributed by atoms with Crippen molar-refractivity contribution < 1.29 is 14.0 Å². The lowest BCUT2D eigenvalue weighted by molar-refractivity contribution is 0.0584. The topological polar surface area (TPSA) is 65.5 Å². The van der Waals surface area contributed by atoms with E-state index < -0.39 is 0 Å². The van der Waals surface area contributed by atoms with Crippen LogP contribution in [0.5, 0.6) is 5.75 Å². The van der Waals surface area contributed by atoms with E-state index in [0.717, 1.165) is 84.7 Å². The van der Waals surface area contributed by atoms with Crippen LogP contribution in [-0.2, 0) is 4.74 Å². The highest BCUT2D eigenvalue weighted by atomic mass is 35.5. The number of hydrogen-bond acceptors (Lipinski definition) is 6. The van der Waals surface area contributed by atoms with Gasteiger partial charge in [-0.1, -0.05) is 22.8 Å². The molecule has 0 spiro atoms. The van der Waals surface area contributed by atoms with Crippen LogP contribution < -0.4 is 9.64 Å². The molecule has 8 heteroatoms. The smallest absolute Gasteiger partial charge is 0.141 e. The number of ether oxygens (including phenoxy) is 2. The van der Waals surface area contributed by atoms with Crippen LogP contribution in [0.25, 0.3) is 22.2 Å². The molecule has 38 heavy (non-hydrogen) atoms. The van der Waals surface area contributed by atoms with E-state index in [1.165, 1.54) is 5.52 Å². The number of aromatic nitrogens is 3. The zero-order valence-electron chi connectivity index (χ0n) is 22.5. The lowest BCUT2D eigenvalue weighted by Gasteiger charge is -2.33. The summed E-state index contributed by atoms with van der Waals surface area (Å²) in [6.45, 7) is 4.93. The van der Waals surface area contributed by atoms with E-state index in [0.29, 0.717) is 22.9 Å². The minimum absolute atomic E-state index is 0.175. The summed E-state index contributed by atoms with van der Waals surface area (Å²) in [5.74, 6) is 2.67. The number of nitrogens with zero attached hydrogens (tertiary/aromatic N) is 4. The average Bonchev–Trinajstić information content (AvgIpc) is 3.65. The predicted molar refractivity (Wildman–Crippen MR) is 150 cm³/mol. The van der Waals surface area contributed by atoms with Crippen LogP contribution in [0.15, 0.2) is 40.9 Å². The highest BCUT2D eigenvalue weighted by Crippen LogP contribution is 2.43. The van der Waals surface area contributed by atoms with Crippen molar-refractivity contribution in [1.82, 2.24) is 14.7 Å². The third kappa shape index (κ3) is 4.35. The number of imidazole rings is 1. The molecule has 0 N–H and O–H groups in total. The fraction of sp³-hybridized carbons (Fsp3) is 0.467. The number of aryl methyl sites for hydroxylation is 2. The van der Waals surface area contributed by atoms with Crippen molar-refractivity contribution in [2.75, 3.05) is 25.7 Å². The molecule has 0 bridgehead atoms. The largest absolute Gasteiger partial charge is 0.495 e. The fourth-order valence-electron chi connectivity index (χ4n) is 6.50. The molecule has 6 rings (SSSR count). The summed E-state index contributed by atoms with van der Waals surface area (Å²) in [6, 6.07) is 13.3. The van der Waals surface area contributed by atoms with Crippen molar-refractivity contribution in [3.8, 4) is 16.9 Å².